The van der Waals surface area contributed by atoms with Gasteiger partial charge in [-0.1, -0.05) is 84.6 Å². The summed E-state index contributed by atoms with van der Waals surface area (Å²) in [5.41, 5.74) is 3.76. The van der Waals surface area contributed by atoms with Gasteiger partial charge in [0, 0.05) is 5.56 Å². The van der Waals surface area contributed by atoms with E-state index in [-0.39, 0.29) is 5.69 Å². The van der Waals surface area contributed by atoms with Crippen molar-refractivity contribution in [3.05, 3.63) is 96.1 Å². The minimum atomic E-state index is -4.59. The molecule has 3 aromatic carbocycles. The number of benzene rings is 3. The lowest BCUT2D eigenvalue weighted by atomic mass is 10.0. The molecular weight excluding hydrogens is 463 g/mol. The van der Waals surface area contributed by atoms with Crippen molar-refractivity contribution in [2.75, 3.05) is 10.7 Å². The van der Waals surface area contributed by atoms with Crippen molar-refractivity contribution in [3.63, 3.8) is 0 Å². The van der Waals surface area contributed by atoms with Crippen LogP contribution in [0.3, 0.4) is 0 Å². The van der Waals surface area contributed by atoms with Gasteiger partial charge in [0.25, 0.3) is 0 Å². The fourth-order valence-corrected chi connectivity index (χ4v) is 4.86. The molecule has 0 spiro atoms. The Bertz CT molecular complexity index is 1310. The molecule has 0 aliphatic carbocycles. The van der Waals surface area contributed by atoms with Gasteiger partial charge in [-0.3, -0.25) is 4.79 Å². The van der Waals surface area contributed by atoms with Crippen molar-refractivity contribution < 1.29 is 18.0 Å². The van der Waals surface area contributed by atoms with Gasteiger partial charge in [-0.15, -0.1) is 10.2 Å². The minimum Gasteiger partial charge on any atom is -0.324 e. The molecule has 5 rings (SSSR count). The molecule has 0 fully saturated rings. The second kappa shape index (κ2) is 8.86. The summed E-state index contributed by atoms with van der Waals surface area (Å²) in [4.78, 5) is 13.3. The summed E-state index contributed by atoms with van der Waals surface area (Å²) in [5, 5.41) is 10.6. The number of nitrogens with zero attached hydrogens (tertiary/aromatic N) is 3. The first-order chi connectivity index (χ1) is 16.4. The second-order valence-corrected chi connectivity index (χ2v) is 8.70. The van der Waals surface area contributed by atoms with Crippen LogP contribution in [0.15, 0.2) is 90.1 Å². The maximum absolute atomic E-state index is 13.5. The Hall–Kier alpha value is -3.79. The molecule has 0 unspecified atom stereocenters. The van der Waals surface area contributed by atoms with E-state index >= 15 is 0 Å². The highest BCUT2D eigenvalue weighted by Crippen LogP contribution is 2.40. The molecule has 1 aromatic heterocycles. The van der Waals surface area contributed by atoms with E-state index in [4.69, 9.17) is 0 Å². The number of hydrogen-bond acceptors (Lipinski definition) is 5. The number of hydrogen-bond donors (Lipinski definition) is 2. The zero-order valence-corrected chi connectivity index (χ0v) is 18.3. The van der Waals surface area contributed by atoms with E-state index < -0.39 is 28.9 Å². The van der Waals surface area contributed by atoms with E-state index in [1.54, 1.807) is 4.68 Å². The quantitative estimate of drug-likeness (QED) is 0.411. The van der Waals surface area contributed by atoms with Crippen LogP contribution in [0.25, 0.3) is 11.4 Å². The van der Waals surface area contributed by atoms with Crippen molar-refractivity contribution in [2.45, 2.75) is 22.6 Å². The van der Waals surface area contributed by atoms with E-state index in [0.29, 0.717) is 11.0 Å². The standard InChI is InChI=1S/C24H18F3N5OS/c25-24(26,27)17-13-7-8-14-18(17)28-22(33)20-19(15-9-3-1-4-10-15)31-32-21(29-30-23(32)34-20)16-11-5-2-6-12-16/h1-14,19-20,31H,(H,28,33)/t19-,20-/m0/s1. The van der Waals surface area contributed by atoms with E-state index in [1.165, 1.54) is 18.2 Å². The van der Waals surface area contributed by atoms with E-state index in [2.05, 4.69) is 20.9 Å². The molecule has 0 bridgehead atoms. The number of alkyl halides is 3. The first-order valence-electron chi connectivity index (χ1n) is 10.4. The molecule has 0 saturated heterocycles. The number of amides is 1. The zero-order chi connectivity index (χ0) is 23.7. The molecule has 1 aliphatic rings. The summed E-state index contributed by atoms with van der Waals surface area (Å²) in [6.45, 7) is 0. The van der Waals surface area contributed by atoms with Crippen LogP contribution in [0.4, 0.5) is 18.9 Å². The van der Waals surface area contributed by atoms with E-state index in [0.717, 1.165) is 29.0 Å². The number of thioether (sulfide) groups is 1. The monoisotopic (exact) mass is 481 g/mol. The van der Waals surface area contributed by atoms with Crippen LogP contribution >= 0.6 is 11.8 Å². The van der Waals surface area contributed by atoms with Gasteiger partial charge in [0.2, 0.25) is 11.1 Å². The number of rotatable bonds is 4. The second-order valence-electron chi connectivity index (χ2n) is 7.60. The van der Waals surface area contributed by atoms with Crippen LogP contribution in [0.5, 0.6) is 0 Å². The molecular formula is C24H18F3N5OS. The highest BCUT2D eigenvalue weighted by atomic mass is 32.2. The lowest BCUT2D eigenvalue weighted by molar-refractivity contribution is -0.137. The number of carbonyl (C=O) groups excluding carboxylic acids is 1. The summed E-state index contributed by atoms with van der Waals surface area (Å²) >= 11 is 1.15. The average molecular weight is 482 g/mol. The third-order valence-corrected chi connectivity index (χ3v) is 6.59. The molecule has 34 heavy (non-hydrogen) atoms. The molecule has 1 amide bonds. The summed E-state index contributed by atoms with van der Waals surface area (Å²) in [6, 6.07) is 23.1. The Kier molecular flexibility index (Phi) is 5.74. The van der Waals surface area contributed by atoms with Gasteiger partial charge in [-0.2, -0.15) is 13.2 Å². The fraction of sp³-hybridized carbons (Fsp3) is 0.125. The molecule has 1 aliphatic heterocycles. The van der Waals surface area contributed by atoms with Gasteiger partial charge in [0.15, 0.2) is 5.82 Å². The Morgan fingerprint density at radius 3 is 2.26 bits per heavy atom. The predicted molar refractivity (Wildman–Crippen MR) is 124 cm³/mol. The van der Waals surface area contributed by atoms with Crippen LogP contribution in [0.1, 0.15) is 17.2 Å². The molecule has 6 nitrogen and oxygen atoms in total. The summed E-state index contributed by atoms with van der Waals surface area (Å²) < 4.78 is 42.1. The Labute approximate surface area is 197 Å². The van der Waals surface area contributed by atoms with Crippen molar-refractivity contribution >= 4 is 23.4 Å². The lowest BCUT2D eigenvalue weighted by Crippen LogP contribution is -2.41. The molecule has 4 aromatic rings. The third-order valence-electron chi connectivity index (χ3n) is 5.38. The Morgan fingerprint density at radius 2 is 1.56 bits per heavy atom. The van der Waals surface area contributed by atoms with Gasteiger partial charge in [0.05, 0.1) is 17.3 Å². The van der Waals surface area contributed by atoms with Gasteiger partial charge < -0.3 is 10.7 Å². The van der Waals surface area contributed by atoms with Crippen molar-refractivity contribution in [1.29, 1.82) is 0 Å². The highest BCUT2D eigenvalue weighted by molar-refractivity contribution is 8.00. The predicted octanol–water partition coefficient (Wildman–Crippen LogP) is 5.36. The first kappa shape index (κ1) is 22.0. The van der Waals surface area contributed by atoms with Gasteiger partial charge >= 0.3 is 6.18 Å². The summed E-state index contributed by atoms with van der Waals surface area (Å²) in [6.07, 6.45) is -4.59. The largest absolute Gasteiger partial charge is 0.418 e. The molecule has 2 heterocycles. The molecule has 2 atom stereocenters. The number of nitrogens with one attached hydrogen (secondary N) is 2. The van der Waals surface area contributed by atoms with E-state index in [9.17, 15) is 18.0 Å². The number of anilines is 1. The number of halogens is 3. The maximum Gasteiger partial charge on any atom is 0.418 e. The molecule has 2 N–H and O–H groups in total. The number of para-hydroxylation sites is 1. The zero-order valence-electron chi connectivity index (χ0n) is 17.5. The maximum atomic E-state index is 13.5. The third kappa shape index (κ3) is 4.24. The van der Waals surface area contributed by atoms with Crippen LogP contribution < -0.4 is 10.7 Å². The summed E-state index contributed by atoms with van der Waals surface area (Å²) in [7, 11) is 0. The van der Waals surface area contributed by atoms with Gasteiger partial charge in [-0.05, 0) is 17.7 Å². The van der Waals surface area contributed by atoms with Crippen molar-refractivity contribution in [3.8, 4) is 11.4 Å². The number of aromatic nitrogens is 3. The molecule has 0 saturated carbocycles. The van der Waals surface area contributed by atoms with Gasteiger partial charge in [-0.25, -0.2) is 4.68 Å². The van der Waals surface area contributed by atoms with E-state index in [1.807, 2.05) is 60.7 Å². The van der Waals surface area contributed by atoms with Crippen molar-refractivity contribution in [2.24, 2.45) is 0 Å². The molecule has 10 heteroatoms. The molecule has 0 radical (unpaired) electrons. The van der Waals surface area contributed by atoms with Crippen LogP contribution in [0, 0.1) is 0 Å². The Balaban J connectivity index is 1.51. The van der Waals surface area contributed by atoms with Crippen LogP contribution in [-0.4, -0.2) is 26.0 Å². The smallest absolute Gasteiger partial charge is 0.324 e. The first-order valence-corrected chi connectivity index (χ1v) is 11.3. The summed E-state index contributed by atoms with van der Waals surface area (Å²) in [5.74, 6) is 0.00358. The number of carbonyl (C=O) groups is 1. The fourth-order valence-electron chi connectivity index (χ4n) is 3.78. The normalized spacial score (nSPS) is 17.5. The number of fused-ring (bicyclic) bond motifs is 1. The highest BCUT2D eigenvalue weighted by Gasteiger charge is 2.39. The molecule has 172 valence electrons. The van der Waals surface area contributed by atoms with Crippen LogP contribution in [0.2, 0.25) is 0 Å². The van der Waals surface area contributed by atoms with Crippen molar-refractivity contribution in [1.82, 2.24) is 14.9 Å². The topological polar surface area (TPSA) is 71.8 Å². The minimum absolute atomic E-state index is 0.288. The van der Waals surface area contributed by atoms with Crippen LogP contribution in [-0.2, 0) is 11.0 Å². The SMILES string of the molecule is O=C(Nc1ccccc1C(F)(F)F)[C@H]1Sc2nnc(-c3ccccc3)n2N[C@H]1c1ccccc1. The average Bonchev–Trinajstić information content (AvgIpc) is 3.27. The van der Waals surface area contributed by atoms with Gasteiger partial charge in [0.1, 0.15) is 5.25 Å². The Morgan fingerprint density at radius 1 is 0.912 bits per heavy atom. The lowest BCUT2D eigenvalue weighted by Gasteiger charge is -2.33.